The summed E-state index contributed by atoms with van der Waals surface area (Å²) in [6.45, 7) is 7.23. The zero-order valence-corrected chi connectivity index (χ0v) is 12.9. The lowest BCUT2D eigenvalue weighted by Gasteiger charge is -2.20. The highest BCUT2D eigenvalue weighted by atomic mass is 19.4. The van der Waals surface area contributed by atoms with Gasteiger partial charge in [0.1, 0.15) is 11.3 Å². The summed E-state index contributed by atoms with van der Waals surface area (Å²) in [6, 6.07) is 2.24. The van der Waals surface area contributed by atoms with E-state index in [-0.39, 0.29) is 5.69 Å². The number of amides is 1. The van der Waals surface area contributed by atoms with Gasteiger partial charge in [-0.2, -0.15) is 13.2 Å². The van der Waals surface area contributed by atoms with E-state index in [1.54, 1.807) is 27.7 Å². The molecule has 0 unspecified atom stereocenters. The van der Waals surface area contributed by atoms with Crippen molar-refractivity contribution in [2.24, 2.45) is 0 Å². The molecule has 0 saturated carbocycles. The highest BCUT2D eigenvalue weighted by molar-refractivity contribution is 5.95. The minimum atomic E-state index is -4.47. The van der Waals surface area contributed by atoms with Crippen LogP contribution in [0.1, 0.15) is 49.4 Å². The van der Waals surface area contributed by atoms with Crippen molar-refractivity contribution in [2.75, 3.05) is 0 Å². The Labute approximate surface area is 126 Å². The molecule has 120 valence electrons. The second-order valence-electron chi connectivity index (χ2n) is 6.11. The topological polar surface area (TPSA) is 46.4 Å². The molecule has 0 spiro atoms. The number of hydrogen-bond donors (Lipinski definition) is 1. The van der Waals surface area contributed by atoms with E-state index in [0.717, 1.165) is 12.3 Å². The van der Waals surface area contributed by atoms with Crippen molar-refractivity contribution in [3.8, 4) is 0 Å². The largest absolute Gasteiger partial charge is 0.417 e. The Morgan fingerprint density at radius 2 is 1.91 bits per heavy atom. The Morgan fingerprint density at radius 1 is 1.27 bits per heavy atom. The second-order valence-corrected chi connectivity index (χ2v) is 6.11. The van der Waals surface area contributed by atoms with E-state index in [4.69, 9.17) is 0 Å². The lowest BCUT2D eigenvalue weighted by atomic mass is 10.1. The molecule has 1 amide bonds. The Bertz CT molecular complexity index is 711. The first-order valence-electron chi connectivity index (χ1n) is 6.93. The van der Waals surface area contributed by atoms with Crippen molar-refractivity contribution >= 4 is 11.6 Å². The van der Waals surface area contributed by atoms with Gasteiger partial charge in [-0.1, -0.05) is 6.92 Å². The van der Waals surface area contributed by atoms with E-state index in [9.17, 15) is 18.0 Å². The fourth-order valence-electron chi connectivity index (χ4n) is 2.15. The number of halogens is 3. The fourth-order valence-corrected chi connectivity index (χ4v) is 2.15. The van der Waals surface area contributed by atoms with Gasteiger partial charge in [0.15, 0.2) is 0 Å². The first-order valence-corrected chi connectivity index (χ1v) is 6.93. The minimum Gasteiger partial charge on any atom is -0.346 e. The molecule has 22 heavy (non-hydrogen) atoms. The molecule has 0 aliphatic carbocycles. The molecule has 0 radical (unpaired) electrons. The molecule has 7 heteroatoms. The number of imidazole rings is 1. The number of fused-ring (bicyclic) bond motifs is 1. The minimum absolute atomic E-state index is 0.151. The molecule has 2 aromatic rings. The summed E-state index contributed by atoms with van der Waals surface area (Å²) in [6.07, 6.45) is -3.10. The van der Waals surface area contributed by atoms with Crippen LogP contribution in [0.15, 0.2) is 18.3 Å². The molecule has 0 atom stereocenters. The Kier molecular flexibility index (Phi) is 3.93. The normalized spacial score (nSPS) is 12.7. The SMILES string of the molecule is CCc1nc2ccc(C(F)(F)F)cn2c1C(=O)NC(C)(C)C. The molecule has 2 heterocycles. The average Bonchev–Trinajstić information content (AvgIpc) is 2.72. The molecule has 0 aromatic carbocycles. The first kappa shape index (κ1) is 16.3. The number of nitrogens with zero attached hydrogens (tertiary/aromatic N) is 2. The van der Waals surface area contributed by atoms with Crippen molar-refractivity contribution in [3.63, 3.8) is 0 Å². The van der Waals surface area contributed by atoms with Crippen molar-refractivity contribution in [1.29, 1.82) is 0 Å². The van der Waals surface area contributed by atoms with Crippen molar-refractivity contribution < 1.29 is 18.0 Å². The van der Waals surface area contributed by atoms with Crippen LogP contribution in [0.25, 0.3) is 5.65 Å². The maximum absolute atomic E-state index is 12.9. The molecule has 2 rings (SSSR count). The lowest BCUT2D eigenvalue weighted by molar-refractivity contribution is -0.137. The van der Waals surface area contributed by atoms with Gasteiger partial charge in [0, 0.05) is 11.7 Å². The van der Waals surface area contributed by atoms with Gasteiger partial charge in [-0.15, -0.1) is 0 Å². The lowest BCUT2D eigenvalue weighted by Crippen LogP contribution is -2.41. The smallest absolute Gasteiger partial charge is 0.346 e. The maximum atomic E-state index is 12.9. The quantitative estimate of drug-likeness (QED) is 0.923. The third kappa shape index (κ3) is 3.23. The summed E-state index contributed by atoms with van der Waals surface area (Å²) < 4.78 is 39.8. The molecule has 0 saturated heterocycles. The molecule has 0 aliphatic rings. The number of carbonyl (C=O) groups excluding carboxylic acids is 1. The van der Waals surface area contributed by atoms with Gasteiger partial charge in [-0.25, -0.2) is 4.98 Å². The molecule has 2 aromatic heterocycles. The van der Waals surface area contributed by atoms with Crippen molar-refractivity contribution in [3.05, 3.63) is 35.3 Å². The number of alkyl halides is 3. The molecule has 0 bridgehead atoms. The van der Waals surface area contributed by atoms with Gasteiger partial charge < -0.3 is 5.32 Å². The number of pyridine rings is 1. The van der Waals surface area contributed by atoms with Crippen LogP contribution in [0, 0.1) is 0 Å². The van der Waals surface area contributed by atoms with Crippen molar-refractivity contribution in [2.45, 2.75) is 45.8 Å². The summed E-state index contributed by atoms with van der Waals surface area (Å²) in [5.41, 5.74) is -0.359. The van der Waals surface area contributed by atoms with E-state index in [2.05, 4.69) is 10.3 Å². The van der Waals surface area contributed by atoms with Crippen LogP contribution in [0.3, 0.4) is 0 Å². The van der Waals surface area contributed by atoms with Crippen LogP contribution in [0.5, 0.6) is 0 Å². The highest BCUT2D eigenvalue weighted by Gasteiger charge is 2.32. The predicted molar refractivity (Wildman–Crippen MR) is 76.8 cm³/mol. The summed E-state index contributed by atoms with van der Waals surface area (Å²) in [7, 11) is 0. The van der Waals surface area contributed by atoms with Crippen LogP contribution in [0.4, 0.5) is 13.2 Å². The average molecular weight is 313 g/mol. The third-order valence-corrected chi connectivity index (χ3v) is 3.06. The van der Waals surface area contributed by atoms with Crippen molar-refractivity contribution in [1.82, 2.24) is 14.7 Å². The Morgan fingerprint density at radius 3 is 2.41 bits per heavy atom. The number of aromatic nitrogens is 2. The summed E-state index contributed by atoms with van der Waals surface area (Å²) in [5.74, 6) is -0.434. The van der Waals surface area contributed by atoms with Gasteiger partial charge in [-0.05, 0) is 39.3 Å². The molecule has 0 aliphatic heterocycles. The number of aryl methyl sites for hydroxylation is 1. The second kappa shape index (κ2) is 5.30. The van der Waals surface area contributed by atoms with Gasteiger partial charge in [0.05, 0.1) is 11.3 Å². The van der Waals surface area contributed by atoms with Crippen LogP contribution >= 0.6 is 0 Å². The summed E-state index contributed by atoms with van der Waals surface area (Å²) >= 11 is 0. The fraction of sp³-hybridized carbons (Fsp3) is 0.467. The van der Waals surface area contributed by atoms with Crippen LogP contribution < -0.4 is 5.32 Å². The Hall–Kier alpha value is -2.05. The molecule has 0 fully saturated rings. The standard InChI is InChI=1S/C15H18F3N3O/c1-5-10-12(13(22)20-14(2,3)4)21-8-9(15(16,17)18)6-7-11(21)19-10/h6-8H,5H2,1-4H3,(H,20,22). The predicted octanol–water partition coefficient (Wildman–Crippen LogP) is 3.44. The van der Waals surface area contributed by atoms with Crippen LogP contribution in [-0.2, 0) is 12.6 Å². The number of hydrogen-bond acceptors (Lipinski definition) is 2. The van der Waals surface area contributed by atoms with E-state index < -0.39 is 23.2 Å². The molecule has 1 N–H and O–H groups in total. The van der Waals surface area contributed by atoms with Gasteiger partial charge in [-0.3, -0.25) is 9.20 Å². The molecular weight excluding hydrogens is 295 g/mol. The van der Waals surface area contributed by atoms with Gasteiger partial charge in [0.25, 0.3) is 5.91 Å². The zero-order chi connectivity index (χ0) is 16.7. The van der Waals surface area contributed by atoms with E-state index >= 15 is 0 Å². The molecular formula is C15H18F3N3O. The summed E-state index contributed by atoms with van der Waals surface area (Å²) in [4.78, 5) is 16.7. The van der Waals surface area contributed by atoms with Crippen LogP contribution in [-0.4, -0.2) is 20.8 Å². The number of nitrogens with one attached hydrogen (secondary N) is 1. The molecule has 4 nitrogen and oxygen atoms in total. The van der Waals surface area contributed by atoms with E-state index in [1.165, 1.54) is 10.5 Å². The Balaban J connectivity index is 2.62. The maximum Gasteiger partial charge on any atom is 0.417 e. The number of rotatable bonds is 2. The third-order valence-electron chi connectivity index (χ3n) is 3.06. The highest BCUT2D eigenvalue weighted by Crippen LogP contribution is 2.30. The summed E-state index contributed by atoms with van der Waals surface area (Å²) in [5, 5.41) is 2.77. The number of carbonyl (C=O) groups is 1. The zero-order valence-electron chi connectivity index (χ0n) is 12.9. The monoisotopic (exact) mass is 313 g/mol. The first-order chi connectivity index (χ1) is 10.0. The van der Waals surface area contributed by atoms with Gasteiger partial charge >= 0.3 is 6.18 Å². The van der Waals surface area contributed by atoms with Crippen LogP contribution in [0.2, 0.25) is 0 Å². The van der Waals surface area contributed by atoms with E-state index in [0.29, 0.717) is 17.8 Å². The van der Waals surface area contributed by atoms with Gasteiger partial charge in [0.2, 0.25) is 0 Å². The van der Waals surface area contributed by atoms with E-state index in [1.807, 2.05) is 0 Å².